The van der Waals surface area contributed by atoms with Gasteiger partial charge in [0.2, 0.25) is 0 Å². The Bertz CT molecular complexity index is 809. The monoisotopic (exact) mass is 388 g/mol. The van der Waals surface area contributed by atoms with Crippen molar-refractivity contribution in [1.29, 1.82) is 0 Å². The van der Waals surface area contributed by atoms with Crippen molar-refractivity contribution in [1.82, 2.24) is 10.2 Å². The highest BCUT2D eigenvalue weighted by atomic mass is 35.5. The van der Waals surface area contributed by atoms with E-state index in [0.29, 0.717) is 6.04 Å². The van der Waals surface area contributed by atoms with E-state index in [2.05, 4.69) is 31.0 Å². The molecule has 0 radical (unpaired) electrons. The molecule has 0 aromatic heterocycles. The van der Waals surface area contributed by atoms with Crippen molar-refractivity contribution >= 4 is 17.5 Å². The number of carbonyl (C=O) groups excluding carboxylic acids is 1. The molecule has 0 saturated carbocycles. The fraction of sp³-hybridized carbons (Fsp3) is 0.409. The molecule has 1 aliphatic rings. The molecule has 0 aliphatic carbocycles. The van der Waals surface area contributed by atoms with Gasteiger partial charge in [0.05, 0.1) is 16.6 Å². The van der Waals surface area contributed by atoms with Gasteiger partial charge in [0.1, 0.15) is 5.82 Å². The quantitative estimate of drug-likeness (QED) is 0.762. The van der Waals surface area contributed by atoms with E-state index < -0.39 is 5.82 Å². The maximum Gasteiger partial charge on any atom is 0.253 e. The van der Waals surface area contributed by atoms with Crippen LogP contribution in [-0.4, -0.2) is 28.9 Å². The predicted octanol–water partition coefficient (Wildman–Crippen LogP) is 5.21. The average molecular weight is 389 g/mol. The van der Waals surface area contributed by atoms with E-state index in [4.69, 9.17) is 11.6 Å². The van der Waals surface area contributed by atoms with Crippen LogP contribution in [0.3, 0.4) is 0 Å². The van der Waals surface area contributed by atoms with E-state index >= 15 is 0 Å². The number of carbonyl (C=O) groups is 1. The zero-order chi connectivity index (χ0) is 19.6. The first-order valence-corrected chi connectivity index (χ1v) is 9.76. The summed E-state index contributed by atoms with van der Waals surface area (Å²) in [6.07, 6.45) is 2.30. The van der Waals surface area contributed by atoms with Crippen molar-refractivity contribution in [3.8, 4) is 0 Å². The molecule has 27 heavy (non-hydrogen) atoms. The number of halogens is 2. The molecule has 2 atom stereocenters. The summed E-state index contributed by atoms with van der Waals surface area (Å²) in [4.78, 5) is 15.4. The largest absolute Gasteiger partial charge is 0.343 e. The third kappa shape index (κ3) is 4.02. The number of likely N-dealkylation sites (tertiary alicyclic amines) is 1. The van der Waals surface area contributed by atoms with Gasteiger partial charge in [-0.2, -0.15) is 0 Å². The van der Waals surface area contributed by atoms with E-state index in [1.807, 2.05) is 30.3 Å². The molecule has 0 spiro atoms. The van der Waals surface area contributed by atoms with Crippen LogP contribution in [0.1, 0.15) is 55.6 Å². The first-order valence-electron chi connectivity index (χ1n) is 9.39. The first kappa shape index (κ1) is 19.8. The van der Waals surface area contributed by atoms with E-state index in [1.54, 1.807) is 6.07 Å². The van der Waals surface area contributed by atoms with Gasteiger partial charge in [-0.05, 0) is 57.9 Å². The van der Waals surface area contributed by atoms with Crippen molar-refractivity contribution in [2.75, 3.05) is 6.54 Å². The predicted molar refractivity (Wildman–Crippen MR) is 108 cm³/mol. The summed E-state index contributed by atoms with van der Waals surface area (Å²) in [5.74, 6) is -0.957. The van der Waals surface area contributed by atoms with Gasteiger partial charge in [-0.15, -0.1) is 0 Å². The third-order valence-electron chi connectivity index (χ3n) is 5.60. The minimum Gasteiger partial charge on any atom is -0.343 e. The zero-order valence-electron chi connectivity index (χ0n) is 16.0. The van der Waals surface area contributed by atoms with Crippen molar-refractivity contribution in [3.63, 3.8) is 0 Å². The van der Waals surface area contributed by atoms with Crippen molar-refractivity contribution in [2.24, 2.45) is 0 Å². The van der Waals surface area contributed by atoms with Crippen LogP contribution in [0.2, 0.25) is 5.02 Å². The van der Waals surface area contributed by atoms with E-state index in [-0.39, 0.29) is 28.1 Å². The maximum absolute atomic E-state index is 13.8. The van der Waals surface area contributed by atoms with Gasteiger partial charge in [-0.25, -0.2) is 4.39 Å². The Morgan fingerprint density at radius 3 is 2.56 bits per heavy atom. The van der Waals surface area contributed by atoms with Gasteiger partial charge < -0.3 is 5.32 Å². The first-order chi connectivity index (χ1) is 12.8. The molecule has 2 aromatic carbocycles. The highest BCUT2D eigenvalue weighted by Crippen LogP contribution is 2.36. The van der Waals surface area contributed by atoms with Crippen LogP contribution in [0.5, 0.6) is 0 Å². The summed E-state index contributed by atoms with van der Waals surface area (Å²) in [7, 11) is 0. The van der Waals surface area contributed by atoms with Crippen molar-refractivity contribution in [3.05, 3.63) is 70.5 Å². The fourth-order valence-electron chi connectivity index (χ4n) is 4.16. The molecule has 2 unspecified atom stereocenters. The molecule has 1 heterocycles. The number of nitrogens with zero attached hydrogens (tertiary/aromatic N) is 1. The van der Waals surface area contributed by atoms with Crippen LogP contribution in [0.4, 0.5) is 4.39 Å². The standard InChI is InChI=1S/C22H26ClFN2O/c1-15-9-8-14-26(15)22(2,3)20(16-10-5-4-6-11-16)25-21(27)17-12-7-13-18(24)19(17)23/h4-7,10-13,15,20H,8-9,14H2,1-3H3,(H,25,27). The number of amides is 1. The lowest BCUT2D eigenvalue weighted by molar-refractivity contribution is 0.0632. The minimum atomic E-state index is -0.590. The molecule has 1 saturated heterocycles. The summed E-state index contributed by atoms with van der Waals surface area (Å²) in [5, 5.41) is 2.98. The molecule has 5 heteroatoms. The molecule has 1 fully saturated rings. The Morgan fingerprint density at radius 2 is 1.93 bits per heavy atom. The summed E-state index contributed by atoms with van der Waals surface area (Å²) in [6.45, 7) is 7.52. The lowest BCUT2D eigenvalue weighted by atomic mass is 9.86. The third-order valence-corrected chi connectivity index (χ3v) is 5.99. The second-order valence-corrected chi connectivity index (χ2v) is 8.13. The molecule has 144 valence electrons. The normalized spacial score (nSPS) is 19.1. The van der Waals surface area contributed by atoms with Gasteiger partial charge in [-0.3, -0.25) is 9.69 Å². The lowest BCUT2D eigenvalue weighted by Gasteiger charge is -2.45. The van der Waals surface area contributed by atoms with E-state index in [0.717, 1.165) is 24.9 Å². The van der Waals surface area contributed by atoms with Gasteiger partial charge in [0, 0.05) is 11.6 Å². The number of nitrogens with one attached hydrogen (secondary N) is 1. The van der Waals surface area contributed by atoms with Crippen molar-refractivity contribution < 1.29 is 9.18 Å². The van der Waals surface area contributed by atoms with Crippen LogP contribution >= 0.6 is 11.6 Å². The second kappa shape index (κ2) is 7.99. The van der Waals surface area contributed by atoms with Crippen LogP contribution in [-0.2, 0) is 0 Å². The highest BCUT2D eigenvalue weighted by molar-refractivity contribution is 6.34. The molecule has 3 nitrogen and oxygen atoms in total. The number of benzene rings is 2. The molecule has 0 bridgehead atoms. The van der Waals surface area contributed by atoms with Gasteiger partial charge in [-0.1, -0.05) is 48.0 Å². The Balaban J connectivity index is 1.96. The Kier molecular flexibility index (Phi) is 5.87. The highest BCUT2D eigenvalue weighted by Gasteiger charge is 2.41. The van der Waals surface area contributed by atoms with Gasteiger partial charge in [0.15, 0.2) is 0 Å². The van der Waals surface area contributed by atoms with Gasteiger partial charge >= 0.3 is 0 Å². The molecule has 1 aliphatic heterocycles. The summed E-state index contributed by atoms with van der Waals surface area (Å²) >= 11 is 6.04. The maximum atomic E-state index is 13.8. The molecule has 1 amide bonds. The summed E-state index contributed by atoms with van der Waals surface area (Å²) < 4.78 is 13.8. The van der Waals surface area contributed by atoms with E-state index in [9.17, 15) is 9.18 Å². The molecule has 2 aromatic rings. The Morgan fingerprint density at radius 1 is 1.22 bits per heavy atom. The minimum absolute atomic E-state index is 0.144. The lowest BCUT2D eigenvalue weighted by Crippen LogP contribution is -2.54. The smallest absolute Gasteiger partial charge is 0.253 e. The number of hydrogen-bond acceptors (Lipinski definition) is 2. The number of hydrogen-bond donors (Lipinski definition) is 1. The molecule has 3 rings (SSSR count). The van der Waals surface area contributed by atoms with Crippen LogP contribution < -0.4 is 5.32 Å². The van der Waals surface area contributed by atoms with Crippen LogP contribution in [0.15, 0.2) is 48.5 Å². The van der Waals surface area contributed by atoms with Gasteiger partial charge in [0.25, 0.3) is 5.91 Å². The molecular weight excluding hydrogens is 363 g/mol. The van der Waals surface area contributed by atoms with Crippen LogP contribution in [0.25, 0.3) is 0 Å². The topological polar surface area (TPSA) is 32.3 Å². The van der Waals surface area contributed by atoms with Crippen LogP contribution in [0, 0.1) is 5.82 Å². The molecule has 1 N–H and O–H groups in total. The van der Waals surface area contributed by atoms with E-state index in [1.165, 1.54) is 12.1 Å². The number of rotatable bonds is 5. The molecular formula is C22H26ClFN2O. The summed E-state index contributed by atoms with van der Waals surface area (Å²) in [6, 6.07) is 14.4. The SMILES string of the molecule is CC1CCCN1C(C)(C)C(NC(=O)c1cccc(F)c1Cl)c1ccccc1. The average Bonchev–Trinajstić information content (AvgIpc) is 3.09. The second-order valence-electron chi connectivity index (χ2n) is 7.76. The summed E-state index contributed by atoms with van der Waals surface area (Å²) in [5.41, 5.74) is 0.859. The van der Waals surface area contributed by atoms with Crippen molar-refractivity contribution in [2.45, 2.75) is 51.2 Å². The fourth-order valence-corrected chi connectivity index (χ4v) is 4.37. The Labute approximate surface area is 165 Å². The zero-order valence-corrected chi connectivity index (χ0v) is 16.8. The Hall–Kier alpha value is -1.91.